The third-order valence-electron chi connectivity index (χ3n) is 13.2. The summed E-state index contributed by atoms with van der Waals surface area (Å²) in [7, 11) is 0. The zero-order valence-electron chi connectivity index (χ0n) is 28.0. The van der Waals surface area contributed by atoms with Crippen molar-refractivity contribution in [3.8, 4) is 0 Å². The third kappa shape index (κ3) is 6.30. The van der Waals surface area contributed by atoms with Crippen LogP contribution < -0.4 is 5.32 Å². The maximum absolute atomic E-state index is 12.9. The predicted molar refractivity (Wildman–Crippen MR) is 175 cm³/mol. The van der Waals surface area contributed by atoms with Crippen LogP contribution in [0.15, 0.2) is 30.3 Å². The molecule has 7 heteroatoms. The highest BCUT2D eigenvalue weighted by molar-refractivity contribution is 5.80. The fourth-order valence-corrected chi connectivity index (χ4v) is 11.1. The lowest BCUT2D eigenvalue weighted by Gasteiger charge is -2.62. The molecule has 2 aromatic rings. The summed E-state index contributed by atoms with van der Waals surface area (Å²) < 4.78 is 11.9. The summed E-state index contributed by atoms with van der Waals surface area (Å²) in [4.78, 5) is 40.5. The van der Waals surface area contributed by atoms with Gasteiger partial charge in [0.05, 0.1) is 0 Å². The third-order valence-corrected chi connectivity index (χ3v) is 13.2. The van der Waals surface area contributed by atoms with Crippen LogP contribution in [0.3, 0.4) is 0 Å². The van der Waals surface area contributed by atoms with Crippen molar-refractivity contribution in [2.24, 2.45) is 46.3 Å². The number of aromatic amines is 1. The summed E-state index contributed by atoms with van der Waals surface area (Å²) in [6.45, 7) is 11.1. The van der Waals surface area contributed by atoms with Crippen LogP contribution in [-0.2, 0) is 30.3 Å². The second-order valence-corrected chi connectivity index (χ2v) is 15.6. The van der Waals surface area contributed by atoms with Crippen LogP contribution >= 0.6 is 0 Å². The zero-order valence-corrected chi connectivity index (χ0v) is 28.0. The SMILES string of the molecule is CC(=O)O[C@@H]1CC[C@@]2(C)[C@@H](C1)C[C@H](OC(C)=O)[C@@H]1[C@@H]2CC[C@]2(C)[C@@H]([C@H](C)CCC(=O)NCCc3cc4ccccc4[nH]3)CC[C@@H]12. The fraction of sp³-hybridized carbons (Fsp3) is 0.711. The van der Waals surface area contributed by atoms with Crippen LogP contribution in [0, 0.1) is 46.3 Å². The van der Waals surface area contributed by atoms with Gasteiger partial charge >= 0.3 is 11.9 Å². The first kappa shape index (κ1) is 32.1. The molecule has 246 valence electrons. The maximum Gasteiger partial charge on any atom is 0.302 e. The van der Waals surface area contributed by atoms with Gasteiger partial charge in [-0.25, -0.2) is 0 Å². The van der Waals surface area contributed by atoms with Crippen LogP contribution in [0.5, 0.6) is 0 Å². The molecule has 0 bridgehead atoms. The Labute approximate surface area is 269 Å². The minimum atomic E-state index is -0.198. The summed E-state index contributed by atoms with van der Waals surface area (Å²) in [5.74, 6) is 2.64. The Kier molecular flexibility index (Phi) is 9.11. The van der Waals surface area contributed by atoms with Crippen molar-refractivity contribution >= 4 is 28.7 Å². The van der Waals surface area contributed by atoms with Crippen molar-refractivity contribution in [2.75, 3.05) is 6.54 Å². The smallest absolute Gasteiger partial charge is 0.302 e. The zero-order chi connectivity index (χ0) is 31.9. The van der Waals surface area contributed by atoms with E-state index >= 15 is 0 Å². The van der Waals surface area contributed by atoms with Crippen molar-refractivity contribution in [1.82, 2.24) is 10.3 Å². The number of carbonyl (C=O) groups is 3. The molecule has 0 radical (unpaired) electrons. The van der Waals surface area contributed by atoms with E-state index in [4.69, 9.17) is 9.47 Å². The second kappa shape index (κ2) is 12.8. The van der Waals surface area contributed by atoms with Gasteiger partial charge in [0.2, 0.25) is 5.91 Å². The van der Waals surface area contributed by atoms with E-state index in [1.54, 1.807) is 6.92 Å². The van der Waals surface area contributed by atoms with E-state index in [1.807, 2.05) is 12.1 Å². The fourth-order valence-electron chi connectivity index (χ4n) is 11.1. The van der Waals surface area contributed by atoms with E-state index in [0.29, 0.717) is 48.5 Å². The molecule has 10 atom stereocenters. The first-order chi connectivity index (χ1) is 21.5. The Morgan fingerprint density at radius 3 is 2.44 bits per heavy atom. The largest absolute Gasteiger partial charge is 0.463 e. The van der Waals surface area contributed by atoms with E-state index in [1.165, 1.54) is 31.6 Å². The molecule has 0 aliphatic heterocycles. The van der Waals surface area contributed by atoms with Crippen molar-refractivity contribution in [1.29, 1.82) is 0 Å². The number of H-pyrrole nitrogens is 1. The number of carbonyl (C=O) groups excluding carboxylic acids is 3. The number of esters is 2. The normalized spacial score (nSPS) is 36.3. The average Bonchev–Trinajstić information content (AvgIpc) is 3.56. The van der Waals surface area contributed by atoms with Crippen molar-refractivity contribution in [3.05, 3.63) is 36.0 Å². The molecule has 1 aromatic heterocycles. The van der Waals surface area contributed by atoms with E-state index in [0.717, 1.165) is 56.2 Å². The highest BCUT2D eigenvalue weighted by Crippen LogP contribution is 2.68. The number of hydrogen-bond donors (Lipinski definition) is 2. The molecule has 4 saturated carbocycles. The van der Waals surface area contributed by atoms with E-state index < -0.39 is 0 Å². The molecule has 4 aliphatic rings. The van der Waals surface area contributed by atoms with Crippen LogP contribution in [0.1, 0.15) is 105 Å². The average molecular weight is 619 g/mol. The molecule has 4 aliphatic carbocycles. The number of fused-ring (bicyclic) bond motifs is 6. The maximum atomic E-state index is 12.9. The summed E-state index contributed by atoms with van der Waals surface area (Å²) >= 11 is 0. The van der Waals surface area contributed by atoms with Crippen LogP contribution in [-0.4, -0.2) is 41.6 Å². The van der Waals surface area contributed by atoms with Crippen molar-refractivity contribution in [2.45, 2.75) is 117 Å². The molecule has 1 aromatic carbocycles. The number of ether oxygens (including phenoxy) is 2. The standard InChI is InChI=1S/C38H54N2O5/c1-23(10-13-35(43)39-19-16-28-20-26-8-6-7-9-33(26)40-28)30-11-12-31-36-32(15-18-38(30,31)5)37(4)17-14-29(44-24(2)41)21-27(37)22-34(36)45-25(3)42/h6-9,20,23,27,29-32,34,36,40H,10-19,21-22H2,1-5H3,(H,39,43)/t23-,27+,29-,30-,31+,32+,34+,36+,37+,38-/m1/s1. The molecule has 0 spiro atoms. The lowest BCUT2D eigenvalue weighted by Crippen LogP contribution is -2.59. The highest BCUT2D eigenvalue weighted by Gasteiger charge is 2.64. The molecule has 1 amide bonds. The molecule has 4 fully saturated rings. The number of para-hydroxylation sites is 1. The Morgan fingerprint density at radius 2 is 1.69 bits per heavy atom. The van der Waals surface area contributed by atoms with Crippen molar-refractivity contribution in [3.63, 3.8) is 0 Å². The molecule has 7 nitrogen and oxygen atoms in total. The molecule has 2 N–H and O–H groups in total. The van der Waals surface area contributed by atoms with Gasteiger partial charge in [-0.15, -0.1) is 0 Å². The minimum Gasteiger partial charge on any atom is -0.463 e. The Balaban J connectivity index is 1.07. The minimum absolute atomic E-state index is 0.0218. The van der Waals surface area contributed by atoms with Gasteiger partial charge < -0.3 is 19.8 Å². The monoisotopic (exact) mass is 618 g/mol. The summed E-state index contributed by atoms with van der Waals surface area (Å²) in [6.07, 6.45) is 10.7. The highest BCUT2D eigenvalue weighted by atomic mass is 16.5. The Hall–Kier alpha value is -2.83. The second-order valence-electron chi connectivity index (χ2n) is 15.6. The topological polar surface area (TPSA) is 97.5 Å². The summed E-state index contributed by atoms with van der Waals surface area (Å²) in [5, 5.41) is 4.36. The lowest BCUT2D eigenvalue weighted by atomic mass is 9.43. The van der Waals surface area contributed by atoms with Gasteiger partial charge in [0.15, 0.2) is 0 Å². The first-order valence-electron chi connectivity index (χ1n) is 17.7. The predicted octanol–water partition coefficient (Wildman–Crippen LogP) is 7.38. The molecule has 1 heterocycles. The Morgan fingerprint density at radius 1 is 0.956 bits per heavy atom. The summed E-state index contributed by atoms with van der Waals surface area (Å²) in [6, 6.07) is 10.4. The number of rotatable bonds is 9. The van der Waals surface area contributed by atoms with E-state index in [-0.39, 0.29) is 40.9 Å². The molecular formula is C38H54N2O5. The van der Waals surface area contributed by atoms with Gasteiger partial charge in [0.1, 0.15) is 12.2 Å². The number of nitrogens with one attached hydrogen (secondary N) is 2. The lowest BCUT2D eigenvalue weighted by molar-refractivity contribution is -0.197. The quantitative estimate of drug-likeness (QED) is 0.286. The number of benzene rings is 1. The molecule has 45 heavy (non-hydrogen) atoms. The number of amides is 1. The number of aromatic nitrogens is 1. The van der Waals surface area contributed by atoms with Gasteiger partial charge in [-0.1, -0.05) is 39.0 Å². The van der Waals surface area contributed by atoms with Gasteiger partial charge in [-0.05, 0) is 116 Å². The van der Waals surface area contributed by atoms with Gasteiger partial charge in [0.25, 0.3) is 0 Å². The molecule has 6 rings (SSSR count). The molecular weight excluding hydrogens is 564 g/mol. The summed E-state index contributed by atoms with van der Waals surface area (Å²) in [5.41, 5.74) is 2.67. The van der Waals surface area contributed by atoms with Crippen LogP contribution in [0.4, 0.5) is 0 Å². The first-order valence-corrected chi connectivity index (χ1v) is 17.7. The van der Waals surface area contributed by atoms with Gasteiger partial charge in [-0.2, -0.15) is 0 Å². The van der Waals surface area contributed by atoms with Crippen LogP contribution in [0.2, 0.25) is 0 Å². The van der Waals surface area contributed by atoms with E-state index in [2.05, 4.69) is 49.3 Å². The molecule has 0 unspecified atom stereocenters. The van der Waals surface area contributed by atoms with Crippen molar-refractivity contribution < 1.29 is 23.9 Å². The molecule has 0 saturated heterocycles. The van der Waals surface area contributed by atoms with Crippen LogP contribution in [0.25, 0.3) is 10.9 Å². The van der Waals surface area contributed by atoms with Gasteiger partial charge in [0, 0.05) is 50.4 Å². The van der Waals surface area contributed by atoms with Gasteiger partial charge in [-0.3, -0.25) is 14.4 Å². The number of hydrogen-bond acceptors (Lipinski definition) is 5. The Bertz CT molecular complexity index is 1370. The van der Waals surface area contributed by atoms with E-state index in [9.17, 15) is 14.4 Å².